The highest BCUT2D eigenvalue weighted by Gasteiger charge is 2.42. The SMILES string of the molecule is C[C@H]1C(=O)O[C@@H]2CCCC[C@H]21. The Morgan fingerprint density at radius 1 is 1.36 bits per heavy atom. The molecule has 1 aliphatic carbocycles. The van der Waals surface area contributed by atoms with Gasteiger partial charge in [0.15, 0.2) is 0 Å². The van der Waals surface area contributed by atoms with Crippen LogP contribution in [0.5, 0.6) is 0 Å². The monoisotopic (exact) mass is 154 g/mol. The van der Waals surface area contributed by atoms with Gasteiger partial charge in [-0.25, -0.2) is 0 Å². The molecule has 0 aromatic heterocycles. The first kappa shape index (κ1) is 7.14. The number of carbonyl (C=O) groups is 1. The number of hydrogen-bond donors (Lipinski definition) is 0. The van der Waals surface area contributed by atoms with Crippen LogP contribution in [0.1, 0.15) is 32.6 Å². The summed E-state index contributed by atoms with van der Waals surface area (Å²) in [7, 11) is 0. The highest BCUT2D eigenvalue weighted by Crippen LogP contribution is 2.38. The van der Waals surface area contributed by atoms with Crippen LogP contribution < -0.4 is 0 Å². The van der Waals surface area contributed by atoms with E-state index in [1.165, 1.54) is 19.3 Å². The predicted octanol–water partition coefficient (Wildman–Crippen LogP) is 1.74. The molecular weight excluding hydrogens is 140 g/mol. The predicted molar refractivity (Wildman–Crippen MR) is 41.0 cm³/mol. The van der Waals surface area contributed by atoms with Crippen LogP contribution in [0.4, 0.5) is 0 Å². The molecule has 3 atom stereocenters. The standard InChI is InChI=1S/C9H14O2/c1-6-7-4-2-3-5-8(7)11-9(6)10/h6-8H,2-5H2,1H3/t6-,7+,8-/m1/s1. The van der Waals surface area contributed by atoms with E-state index in [0.29, 0.717) is 5.92 Å². The van der Waals surface area contributed by atoms with E-state index in [0.717, 1.165) is 6.42 Å². The van der Waals surface area contributed by atoms with Crippen molar-refractivity contribution < 1.29 is 9.53 Å². The number of hydrogen-bond acceptors (Lipinski definition) is 2. The molecule has 0 N–H and O–H groups in total. The maximum atomic E-state index is 11.1. The fourth-order valence-corrected chi connectivity index (χ4v) is 2.28. The van der Waals surface area contributed by atoms with Crippen molar-refractivity contribution >= 4 is 5.97 Å². The lowest BCUT2D eigenvalue weighted by molar-refractivity contribution is -0.144. The smallest absolute Gasteiger partial charge is 0.309 e. The van der Waals surface area contributed by atoms with Gasteiger partial charge in [-0.3, -0.25) is 4.79 Å². The Balaban J connectivity index is 2.11. The molecule has 0 spiro atoms. The number of fused-ring (bicyclic) bond motifs is 1. The quantitative estimate of drug-likeness (QED) is 0.497. The highest BCUT2D eigenvalue weighted by molar-refractivity contribution is 5.74. The van der Waals surface area contributed by atoms with Gasteiger partial charge in [0, 0.05) is 5.92 Å². The molecule has 0 bridgehead atoms. The molecule has 2 aliphatic rings. The lowest BCUT2D eigenvalue weighted by Crippen LogP contribution is -2.23. The van der Waals surface area contributed by atoms with Crippen LogP contribution in [0, 0.1) is 11.8 Å². The van der Waals surface area contributed by atoms with Gasteiger partial charge >= 0.3 is 5.97 Å². The van der Waals surface area contributed by atoms with Crippen molar-refractivity contribution in [3.63, 3.8) is 0 Å². The third kappa shape index (κ3) is 1.05. The lowest BCUT2D eigenvalue weighted by atomic mass is 9.81. The summed E-state index contributed by atoms with van der Waals surface area (Å²) >= 11 is 0. The molecule has 1 heterocycles. The van der Waals surface area contributed by atoms with E-state index in [4.69, 9.17) is 4.74 Å². The minimum atomic E-state index is 0.0295. The van der Waals surface area contributed by atoms with E-state index in [2.05, 4.69) is 0 Å². The van der Waals surface area contributed by atoms with Crippen molar-refractivity contribution in [3.8, 4) is 0 Å². The van der Waals surface area contributed by atoms with Gasteiger partial charge in [0.25, 0.3) is 0 Å². The zero-order valence-electron chi connectivity index (χ0n) is 6.88. The molecule has 0 aromatic rings. The molecule has 2 fully saturated rings. The molecule has 1 saturated heterocycles. The van der Waals surface area contributed by atoms with Crippen molar-refractivity contribution in [1.29, 1.82) is 0 Å². The average molecular weight is 154 g/mol. The van der Waals surface area contributed by atoms with E-state index in [-0.39, 0.29) is 18.0 Å². The summed E-state index contributed by atoms with van der Waals surface area (Å²) in [6, 6.07) is 0. The second-order valence-electron chi connectivity index (χ2n) is 3.71. The fraction of sp³-hybridized carbons (Fsp3) is 0.889. The number of carbonyl (C=O) groups excluding carboxylic acids is 1. The summed E-state index contributed by atoms with van der Waals surface area (Å²) in [6.45, 7) is 2.00. The molecule has 1 aliphatic heterocycles. The Morgan fingerprint density at radius 2 is 2.09 bits per heavy atom. The Kier molecular flexibility index (Phi) is 1.63. The van der Waals surface area contributed by atoms with Crippen LogP contribution in [-0.4, -0.2) is 12.1 Å². The van der Waals surface area contributed by atoms with Gasteiger partial charge < -0.3 is 4.74 Å². The van der Waals surface area contributed by atoms with Crippen LogP contribution in [0.15, 0.2) is 0 Å². The second-order valence-corrected chi connectivity index (χ2v) is 3.71. The summed E-state index contributed by atoms with van der Waals surface area (Å²) in [5.74, 6) is 0.735. The minimum Gasteiger partial charge on any atom is -0.462 e. The van der Waals surface area contributed by atoms with Crippen LogP contribution in [0.2, 0.25) is 0 Å². The zero-order valence-corrected chi connectivity index (χ0v) is 6.88. The van der Waals surface area contributed by atoms with Crippen molar-refractivity contribution in [2.45, 2.75) is 38.7 Å². The third-order valence-electron chi connectivity index (χ3n) is 3.04. The first-order valence-electron chi connectivity index (χ1n) is 4.49. The summed E-state index contributed by atoms with van der Waals surface area (Å²) in [4.78, 5) is 11.1. The van der Waals surface area contributed by atoms with Gasteiger partial charge in [-0.2, -0.15) is 0 Å². The first-order chi connectivity index (χ1) is 5.29. The molecule has 2 nitrogen and oxygen atoms in total. The van der Waals surface area contributed by atoms with Crippen molar-refractivity contribution in [3.05, 3.63) is 0 Å². The summed E-state index contributed by atoms with van der Waals surface area (Å²) in [5.41, 5.74) is 0. The topological polar surface area (TPSA) is 26.3 Å². The van der Waals surface area contributed by atoms with Crippen LogP contribution >= 0.6 is 0 Å². The van der Waals surface area contributed by atoms with E-state index in [1.54, 1.807) is 0 Å². The molecule has 0 unspecified atom stereocenters. The minimum absolute atomic E-state index is 0.0295. The fourth-order valence-electron chi connectivity index (χ4n) is 2.28. The number of ether oxygens (including phenoxy) is 1. The maximum Gasteiger partial charge on any atom is 0.309 e. The largest absolute Gasteiger partial charge is 0.462 e. The van der Waals surface area contributed by atoms with Crippen molar-refractivity contribution in [2.75, 3.05) is 0 Å². The van der Waals surface area contributed by atoms with Gasteiger partial charge in [-0.1, -0.05) is 13.3 Å². The van der Waals surface area contributed by atoms with Gasteiger partial charge in [0.05, 0.1) is 5.92 Å². The van der Waals surface area contributed by atoms with Gasteiger partial charge in [-0.05, 0) is 19.3 Å². The molecule has 62 valence electrons. The molecular formula is C9H14O2. The van der Waals surface area contributed by atoms with Crippen LogP contribution in [-0.2, 0) is 9.53 Å². The Hall–Kier alpha value is -0.530. The van der Waals surface area contributed by atoms with E-state index >= 15 is 0 Å². The van der Waals surface area contributed by atoms with Gasteiger partial charge in [0.1, 0.15) is 6.10 Å². The second kappa shape index (κ2) is 2.50. The van der Waals surface area contributed by atoms with E-state index < -0.39 is 0 Å². The molecule has 1 saturated carbocycles. The molecule has 0 aromatic carbocycles. The summed E-state index contributed by atoms with van der Waals surface area (Å²) in [5, 5.41) is 0. The summed E-state index contributed by atoms with van der Waals surface area (Å²) in [6.07, 6.45) is 5.08. The lowest BCUT2D eigenvalue weighted by Gasteiger charge is -2.23. The molecule has 0 amide bonds. The highest BCUT2D eigenvalue weighted by atomic mass is 16.6. The van der Waals surface area contributed by atoms with Gasteiger partial charge in [-0.15, -0.1) is 0 Å². The Bertz CT molecular complexity index is 176. The van der Waals surface area contributed by atoms with E-state index in [9.17, 15) is 4.79 Å². The van der Waals surface area contributed by atoms with Crippen LogP contribution in [0.25, 0.3) is 0 Å². The molecule has 2 rings (SSSR count). The first-order valence-corrected chi connectivity index (χ1v) is 4.49. The molecule has 2 heteroatoms. The summed E-state index contributed by atoms with van der Waals surface area (Å²) < 4.78 is 5.24. The Morgan fingerprint density at radius 3 is 2.82 bits per heavy atom. The van der Waals surface area contributed by atoms with E-state index in [1.807, 2.05) is 6.92 Å². The van der Waals surface area contributed by atoms with Crippen LogP contribution in [0.3, 0.4) is 0 Å². The Labute approximate surface area is 66.9 Å². The number of rotatable bonds is 0. The maximum absolute atomic E-state index is 11.1. The third-order valence-corrected chi connectivity index (χ3v) is 3.04. The zero-order chi connectivity index (χ0) is 7.84. The number of esters is 1. The van der Waals surface area contributed by atoms with Crippen molar-refractivity contribution in [1.82, 2.24) is 0 Å². The normalized spacial score (nSPS) is 43.4. The van der Waals surface area contributed by atoms with Crippen molar-refractivity contribution in [2.24, 2.45) is 11.8 Å². The molecule has 0 radical (unpaired) electrons. The average Bonchev–Trinajstić information content (AvgIpc) is 2.30. The molecule has 11 heavy (non-hydrogen) atoms. The van der Waals surface area contributed by atoms with Gasteiger partial charge in [0.2, 0.25) is 0 Å².